The number of nitrogens with zero attached hydrogens (tertiary/aromatic N) is 1. The van der Waals surface area contributed by atoms with Crippen LogP contribution in [0.3, 0.4) is 0 Å². The van der Waals surface area contributed by atoms with E-state index in [9.17, 15) is 0 Å². The van der Waals surface area contributed by atoms with Gasteiger partial charge in [-0.15, -0.1) is 0 Å². The number of rotatable bonds is 4. The number of nitrogens with two attached hydrogens (primary N) is 1. The minimum atomic E-state index is 0.159. The summed E-state index contributed by atoms with van der Waals surface area (Å²) in [5.74, 6) is 0. The van der Waals surface area contributed by atoms with E-state index < -0.39 is 0 Å². The van der Waals surface area contributed by atoms with E-state index in [0.717, 1.165) is 6.42 Å². The molecule has 1 aromatic carbocycles. The second-order valence-corrected chi connectivity index (χ2v) is 7.17. The Labute approximate surface area is 131 Å². The number of benzene rings is 1. The van der Waals surface area contributed by atoms with Crippen molar-refractivity contribution in [2.24, 2.45) is 5.73 Å². The van der Waals surface area contributed by atoms with Gasteiger partial charge in [0.1, 0.15) is 0 Å². The molecule has 0 radical (unpaired) electrons. The van der Waals surface area contributed by atoms with Crippen LogP contribution in [0.4, 0.5) is 0 Å². The molecule has 1 fully saturated rings. The van der Waals surface area contributed by atoms with Crippen LogP contribution in [-0.2, 0) is 6.42 Å². The quantitative estimate of drug-likeness (QED) is 0.841. The van der Waals surface area contributed by atoms with E-state index in [1.54, 1.807) is 0 Å². The van der Waals surface area contributed by atoms with Crippen LogP contribution >= 0.6 is 15.9 Å². The summed E-state index contributed by atoms with van der Waals surface area (Å²) in [4.78, 5) is 2.39. The zero-order valence-corrected chi connectivity index (χ0v) is 14.3. The van der Waals surface area contributed by atoms with Gasteiger partial charge in [-0.3, -0.25) is 0 Å². The van der Waals surface area contributed by atoms with Crippen LogP contribution in [0.25, 0.3) is 0 Å². The molecule has 1 aromatic rings. The van der Waals surface area contributed by atoms with Gasteiger partial charge in [0.05, 0.1) is 0 Å². The molecular weight excluding hydrogens is 312 g/mol. The van der Waals surface area contributed by atoms with Gasteiger partial charge in [0.15, 0.2) is 0 Å². The summed E-state index contributed by atoms with van der Waals surface area (Å²) in [5.41, 5.74) is 8.18. The van der Waals surface area contributed by atoms with E-state index in [0.29, 0.717) is 0 Å². The first-order chi connectivity index (χ1) is 9.56. The van der Waals surface area contributed by atoms with Gasteiger partial charge in [-0.1, -0.05) is 59.8 Å². The molecule has 0 aromatic heterocycles. The summed E-state index contributed by atoms with van der Waals surface area (Å²) < 4.78 is 1.18. The van der Waals surface area contributed by atoms with Crippen molar-refractivity contribution in [2.45, 2.75) is 56.5 Å². The van der Waals surface area contributed by atoms with Crippen molar-refractivity contribution in [2.75, 3.05) is 14.1 Å². The van der Waals surface area contributed by atoms with E-state index in [2.05, 4.69) is 59.2 Å². The van der Waals surface area contributed by atoms with Crippen molar-refractivity contribution in [1.29, 1.82) is 0 Å². The molecule has 2 nitrogen and oxygen atoms in total. The molecule has 1 unspecified atom stereocenters. The molecule has 0 bridgehead atoms. The molecule has 1 saturated carbocycles. The maximum Gasteiger partial charge on any atom is 0.0357 e. The van der Waals surface area contributed by atoms with Crippen molar-refractivity contribution >= 4 is 15.9 Å². The molecule has 1 aliphatic rings. The third-order valence-electron chi connectivity index (χ3n) is 4.95. The standard InChI is InChI=1S/C17H27BrN2/c1-20(2)17(11-7-3-4-8-12-17)16(19)13-14-9-5-6-10-15(14)18/h5-6,9-10,16H,3-4,7-8,11-13,19H2,1-2H3. The molecule has 1 atom stereocenters. The Hall–Kier alpha value is -0.380. The number of likely N-dealkylation sites (N-methyl/N-ethyl adjacent to an activating group) is 1. The van der Waals surface area contributed by atoms with Crippen molar-refractivity contribution in [1.82, 2.24) is 4.90 Å². The molecule has 2 N–H and O–H groups in total. The fourth-order valence-electron chi connectivity index (χ4n) is 3.58. The van der Waals surface area contributed by atoms with Gasteiger partial charge >= 0.3 is 0 Å². The Morgan fingerprint density at radius 3 is 2.30 bits per heavy atom. The molecule has 20 heavy (non-hydrogen) atoms. The van der Waals surface area contributed by atoms with Crippen LogP contribution in [0.2, 0.25) is 0 Å². The second kappa shape index (κ2) is 7.06. The summed E-state index contributed by atoms with van der Waals surface area (Å²) >= 11 is 3.65. The highest BCUT2D eigenvalue weighted by atomic mass is 79.9. The highest BCUT2D eigenvalue weighted by molar-refractivity contribution is 9.10. The first-order valence-electron chi connectivity index (χ1n) is 7.73. The summed E-state index contributed by atoms with van der Waals surface area (Å²) in [6.07, 6.45) is 8.73. The van der Waals surface area contributed by atoms with Gasteiger partial charge in [-0.05, 0) is 45.0 Å². The molecule has 0 saturated heterocycles. The molecule has 2 rings (SSSR count). The van der Waals surface area contributed by atoms with Crippen LogP contribution in [0.5, 0.6) is 0 Å². The second-order valence-electron chi connectivity index (χ2n) is 6.31. The van der Waals surface area contributed by atoms with Gasteiger partial charge in [0, 0.05) is 16.1 Å². The lowest BCUT2D eigenvalue weighted by molar-refractivity contribution is 0.0967. The monoisotopic (exact) mass is 338 g/mol. The van der Waals surface area contributed by atoms with E-state index in [1.165, 1.54) is 48.6 Å². The number of hydrogen-bond donors (Lipinski definition) is 1. The molecule has 1 aliphatic carbocycles. The number of halogens is 1. The van der Waals surface area contributed by atoms with Gasteiger partial charge in [-0.2, -0.15) is 0 Å². The Bertz CT molecular complexity index is 423. The van der Waals surface area contributed by atoms with Gasteiger partial charge in [0.25, 0.3) is 0 Å². The van der Waals surface area contributed by atoms with Crippen molar-refractivity contribution in [3.63, 3.8) is 0 Å². The van der Waals surface area contributed by atoms with Crippen molar-refractivity contribution in [3.8, 4) is 0 Å². The zero-order valence-electron chi connectivity index (χ0n) is 12.7. The highest BCUT2D eigenvalue weighted by Crippen LogP contribution is 2.35. The smallest absolute Gasteiger partial charge is 0.0357 e. The molecular formula is C17H27BrN2. The molecule has 0 heterocycles. The average molecular weight is 339 g/mol. The maximum absolute atomic E-state index is 6.69. The minimum absolute atomic E-state index is 0.159. The Morgan fingerprint density at radius 1 is 1.15 bits per heavy atom. The van der Waals surface area contributed by atoms with Gasteiger partial charge in [-0.25, -0.2) is 0 Å². The maximum atomic E-state index is 6.69. The summed E-state index contributed by atoms with van der Waals surface area (Å²) in [7, 11) is 4.40. The zero-order chi connectivity index (χ0) is 14.6. The first-order valence-corrected chi connectivity index (χ1v) is 8.52. The van der Waals surface area contributed by atoms with Gasteiger partial charge < -0.3 is 10.6 Å². The van der Waals surface area contributed by atoms with Crippen molar-refractivity contribution < 1.29 is 0 Å². The lowest BCUT2D eigenvalue weighted by Gasteiger charge is -2.44. The minimum Gasteiger partial charge on any atom is -0.326 e. The third-order valence-corrected chi connectivity index (χ3v) is 5.72. The molecule has 112 valence electrons. The van der Waals surface area contributed by atoms with E-state index in [4.69, 9.17) is 5.73 Å². The largest absolute Gasteiger partial charge is 0.326 e. The van der Waals surface area contributed by atoms with Crippen LogP contribution in [0, 0.1) is 0 Å². The average Bonchev–Trinajstić information content (AvgIpc) is 2.68. The van der Waals surface area contributed by atoms with Gasteiger partial charge in [0.2, 0.25) is 0 Å². The Morgan fingerprint density at radius 2 is 1.75 bits per heavy atom. The molecule has 3 heteroatoms. The summed E-state index contributed by atoms with van der Waals surface area (Å²) in [5, 5.41) is 0. The van der Waals surface area contributed by atoms with Crippen LogP contribution < -0.4 is 5.73 Å². The highest BCUT2D eigenvalue weighted by Gasteiger charge is 2.38. The predicted molar refractivity (Wildman–Crippen MR) is 89.9 cm³/mol. The van der Waals surface area contributed by atoms with Crippen molar-refractivity contribution in [3.05, 3.63) is 34.3 Å². The van der Waals surface area contributed by atoms with E-state index in [-0.39, 0.29) is 11.6 Å². The fraction of sp³-hybridized carbons (Fsp3) is 0.647. The third kappa shape index (κ3) is 3.44. The predicted octanol–water partition coefficient (Wildman–Crippen LogP) is 3.97. The SMILES string of the molecule is CN(C)C1(C(N)Cc2ccccc2Br)CCCCCC1. The lowest BCUT2D eigenvalue weighted by Crippen LogP contribution is -2.58. The fourth-order valence-corrected chi connectivity index (χ4v) is 4.03. The van der Waals surface area contributed by atoms with Crippen LogP contribution in [0.15, 0.2) is 28.7 Å². The lowest BCUT2D eigenvalue weighted by atomic mass is 9.79. The number of hydrogen-bond acceptors (Lipinski definition) is 2. The van der Waals surface area contributed by atoms with E-state index >= 15 is 0 Å². The summed E-state index contributed by atoms with van der Waals surface area (Å²) in [6.45, 7) is 0. The summed E-state index contributed by atoms with van der Waals surface area (Å²) in [6, 6.07) is 8.64. The molecule has 0 aliphatic heterocycles. The Balaban J connectivity index is 2.18. The topological polar surface area (TPSA) is 29.3 Å². The van der Waals surface area contributed by atoms with Crippen LogP contribution in [-0.4, -0.2) is 30.6 Å². The Kier molecular flexibility index (Phi) is 5.65. The normalized spacial score (nSPS) is 20.6. The molecule has 0 amide bonds. The first kappa shape index (κ1) is 16.0. The molecule has 0 spiro atoms. The van der Waals surface area contributed by atoms with Crippen LogP contribution in [0.1, 0.15) is 44.1 Å². The van der Waals surface area contributed by atoms with E-state index in [1.807, 2.05) is 0 Å².